The molecule has 2 heterocycles. The quantitative estimate of drug-likeness (QED) is 0.406. The molecule has 0 fully saturated rings. The molecule has 8 nitrogen and oxygen atoms in total. The van der Waals surface area contributed by atoms with Crippen LogP contribution in [0.15, 0.2) is 42.5 Å². The van der Waals surface area contributed by atoms with E-state index < -0.39 is 4.92 Å². The molecule has 0 saturated carbocycles. The Bertz CT molecular complexity index is 1140. The minimum atomic E-state index is -0.418. The lowest BCUT2D eigenvalue weighted by Crippen LogP contribution is -2.19. The van der Waals surface area contributed by atoms with Crippen LogP contribution in [0.25, 0.3) is 27.5 Å². The minimum Gasteiger partial charge on any atom is -0.476 e. The highest BCUT2D eigenvalue weighted by atomic mass is 16.6. The summed E-state index contributed by atoms with van der Waals surface area (Å²) in [5.41, 5.74) is 2.05. The number of nitro groups is 1. The molecular weight excluding hydrogens is 334 g/mol. The van der Waals surface area contributed by atoms with Gasteiger partial charge in [0.2, 0.25) is 5.88 Å². The molecule has 2 aromatic carbocycles. The van der Waals surface area contributed by atoms with Crippen LogP contribution in [0.2, 0.25) is 0 Å². The molecule has 4 aromatic rings. The fourth-order valence-corrected chi connectivity index (χ4v) is 2.88. The van der Waals surface area contributed by atoms with E-state index in [0.717, 1.165) is 17.4 Å². The van der Waals surface area contributed by atoms with Crippen molar-refractivity contribution in [2.24, 2.45) is 0 Å². The number of ether oxygens (including phenoxy) is 1. The standard InChI is InChI=1S/C18H17N5O3/c1-21(2)9-10-26-18-13-5-3-4-6-16(13)22-17(19-18)14-11-12(23(24)25)7-8-15(14)20-22/h3-8,11H,9-10H2,1-2H3. The Hall–Kier alpha value is -3.26. The number of rotatable bonds is 5. The summed E-state index contributed by atoms with van der Waals surface area (Å²) in [7, 11) is 3.95. The van der Waals surface area contributed by atoms with Gasteiger partial charge in [0.05, 0.1) is 26.7 Å². The van der Waals surface area contributed by atoms with E-state index in [1.807, 2.05) is 43.3 Å². The molecule has 0 unspecified atom stereocenters. The van der Waals surface area contributed by atoms with Crippen molar-refractivity contribution in [3.8, 4) is 5.88 Å². The maximum absolute atomic E-state index is 11.1. The van der Waals surface area contributed by atoms with Crippen molar-refractivity contribution in [3.05, 3.63) is 52.6 Å². The van der Waals surface area contributed by atoms with Crippen LogP contribution in [0.5, 0.6) is 5.88 Å². The fourth-order valence-electron chi connectivity index (χ4n) is 2.88. The van der Waals surface area contributed by atoms with Crippen LogP contribution >= 0.6 is 0 Å². The van der Waals surface area contributed by atoms with Crippen LogP contribution in [-0.2, 0) is 0 Å². The Morgan fingerprint density at radius 1 is 1.19 bits per heavy atom. The van der Waals surface area contributed by atoms with Gasteiger partial charge in [-0.05, 0) is 32.3 Å². The zero-order valence-electron chi connectivity index (χ0n) is 14.4. The van der Waals surface area contributed by atoms with Gasteiger partial charge in [-0.2, -0.15) is 10.1 Å². The predicted octanol–water partition coefficient (Wildman–Crippen LogP) is 2.88. The smallest absolute Gasteiger partial charge is 0.270 e. The molecule has 0 amide bonds. The summed E-state index contributed by atoms with van der Waals surface area (Å²) in [5, 5.41) is 17.2. The number of nitro benzene ring substituents is 1. The molecule has 0 aliphatic carbocycles. The summed E-state index contributed by atoms with van der Waals surface area (Å²) < 4.78 is 7.62. The molecule has 0 atom stereocenters. The number of likely N-dealkylation sites (N-methyl/N-ethyl adjacent to an activating group) is 1. The SMILES string of the molecule is CN(C)CCOc1nc2c3cc([N+](=O)[O-])ccc3nn2c2ccccc12. The zero-order chi connectivity index (χ0) is 18.3. The van der Waals surface area contributed by atoms with Gasteiger partial charge in [0.1, 0.15) is 6.61 Å². The molecule has 0 aliphatic heterocycles. The second kappa shape index (κ2) is 6.23. The number of nitrogens with zero attached hydrogens (tertiary/aromatic N) is 5. The third-order valence-corrected chi connectivity index (χ3v) is 4.19. The van der Waals surface area contributed by atoms with Gasteiger partial charge in [0.25, 0.3) is 5.69 Å². The maximum atomic E-state index is 11.1. The lowest BCUT2D eigenvalue weighted by Gasteiger charge is -2.12. The minimum absolute atomic E-state index is 0.0115. The zero-order valence-corrected chi connectivity index (χ0v) is 14.4. The van der Waals surface area contributed by atoms with Gasteiger partial charge < -0.3 is 9.64 Å². The first kappa shape index (κ1) is 16.2. The highest BCUT2D eigenvalue weighted by Gasteiger charge is 2.16. The van der Waals surface area contributed by atoms with Crippen LogP contribution < -0.4 is 4.74 Å². The Balaban J connectivity index is 1.95. The van der Waals surface area contributed by atoms with Gasteiger partial charge in [-0.25, -0.2) is 4.52 Å². The van der Waals surface area contributed by atoms with Gasteiger partial charge in [-0.1, -0.05) is 12.1 Å². The van der Waals surface area contributed by atoms with Crippen molar-refractivity contribution in [3.63, 3.8) is 0 Å². The number of benzene rings is 2. The van der Waals surface area contributed by atoms with E-state index in [4.69, 9.17) is 4.74 Å². The molecule has 0 saturated heterocycles. The Morgan fingerprint density at radius 2 is 2.00 bits per heavy atom. The highest BCUT2D eigenvalue weighted by Crippen LogP contribution is 2.30. The van der Waals surface area contributed by atoms with Crippen LogP contribution in [0.4, 0.5) is 5.69 Å². The van der Waals surface area contributed by atoms with Crippen molar-refractivity contribution >= 4 is 33.1 Å². The number of para-hydroxylation sites is 1. The van der Waals surface area contributed by atoms with Crippen LogP contribution in [0, 0.1) is 10.1 Å². The lowest BCUT2D eigenvalue weighted by molar-refractivity contribution is -0.384. The summed E-state index contributed by atoms with van der Waals surface area (Å²) in [6, 6.07) is 12.3. The third-order valence-electron chi connectivity index (χ3n) is 4.19. The van der Waals surface area contributed by atoms with E-state index in [9.17, 15) is 10.1 Å². The fraction of sp³-hybridized carbons (Fsp3) is 0.222. The molecule has 2 aromatic heterocycles. The second-order valence-electron chi connectivity index (χ2n) is 6.28. The molecule has 26 heavy (non-hydrogen) atoms. The third kappa shape index (κ3) is 2.70. The van der Waals surface area contributed by atoms with E-state index in [1.165, 1.54) is 12.1 Å². The normalized spacial score (nSPS) is 11.7. The van der Waals surface area contributed by atoms with Crippen molar-refractivity contribution < 1.29 is 9.66 Å². The summed E-state index contributed by atoms with van der Waals surface area (Å²) in [6.07, 6.45) is 0. The van der Waals surface area contributed by atoms with E-state index in [-0.39, 0.29) is 5.69 Å². The van der Waals surface area contributed by atoms with Gasteiger partial charge in [-0.15, -0.1) is 0 Å². The molecule has 0 radical (unpaired) electrons. The first-order chi connectivity index (χ1) is 12.5. The highest BCUT2D eigenvalue weighted by molar-refractivity contribution is 5.98. The lowest BCUT2D eigenvalue weighted by atomic mass is 10.2. The van der Waals surface area contributed by atoms with Gasteiger partial charge in [0.15, 0.2) is 5.65 Å². The Labute approximate surface area is 148 Å². The Morgan fingerprint density at radius 3 is 2.77 bits per heavy atom. The number of aromatic nitrogens is 3. The molecule has 4 rings (SSSR count). The average molecular weight is 351 g/mol. The van der Waals surface area contributed by atoms with Crippen LogP contribution in [-0.4, -0.2) is 51.7 Å². The molecule has 132 valence electrons. The number of fused-ring (bicyclic) bond motifs is 5. The monoisotopic (exact) mass is 351 g/mol. The van der Waals surface area contributed by atoms with E-state index in [1.54, 1.807) is 10.6 Å². The van der Waals surface area contributed by atoms with Gasteiger partial charge >= 0.3 is 0 Å². The molecule has 8 heteroatoms. The summed E-state index contributed by atoms with van der Waals surface area (Å²) in [6.45, 7) is 1.25. The average Bonchev–Trinajstić information content (AvgIpc) is 2.99. The molecule has 0 bridgehead atoms. The largest absolute Gasteiger partial charge is 0.476 e. The van der Waals surface area contributed by atoms with Crippen LogP contribution in [0.3, 0.4) is 0 Å². The number of hydrogen-bond acceptors (Lipinski definition) is 6. The van der Waals surface area contributed by atoms with Crippen molar-refractivity contribution in [1.82, 2.24) is 19.5 Å². The second-order valence-corrected chi connectivity index (χ2v) is 6.28. The summed E-state index contributed by atoms with van der Waals surface area (Å²) >= 11 is 0. The maximum Gasteiger partial charge on any atom is 0.270 e. The molecular formula is C18H17N5O3. The van der Waals surface area contributed by atoms with Gasteiger partial charge in [0, 0.05) is 18.7 Å². The van der Waals surface area contributed by atoms with Crippen molar-refractivity contribution in [1.29, 1.82) is 0 Å². The van der Waals surface area contributed by atoms with Crippen LogP contribution in [0.1, 0.15) is 0 Å². The molecule has 0 spiro atoms. The summed E-state index contributed by atoms with van der Waals surface area (Å²) in [5.74, 6) is 0.503. The van der Waals surface area contributed by atoms with E-state index in [0.29, 0.717) is 29.0 Å². The Kier molecular flexibility index (Phi) is 3.89. The predicted molar refractivity (Wildman–Crippen MR) is 98.7 cm³/mol. The topological polar surface area (TPSA) is 85.8 Å². The summed E-state index contributed by atoms with van der Waals surface area (Å²) in [4.78, 5) is 17.3. The van der Waals surface area contributed by atoms with Gasteiger partial charge in [-0.3, -0.25) is 10.1 Å². The van der Waals surface area contributed by atoms with E-state index >= 15 is 0 Å². The first-order valence-corrected chi connectivity index (χ1v) is 8.18. The molecule has 0 N–H and O–H groups in total. The number of non-ortho nitro benzene ring substituents is 1. The van der Waals surface area contributed by atoms with Crippen molar-refractivity contribution in [2.45, 2.75) is 0 Å². The number of hydrogen-bond donors (Lipinski definition) is 0. The first-order valence-electron chi connectivity index (χ1n) is 8.18. The van der Waals surface area contributed by atoms with Crippen molar-refractivity contribution in [2.75, 3.05) is 27.2 Å². The molecule has 0 aliphatic rings. The van der Waals surface area contributed by atoms with E-state index in [2.05, 4.69) is 10.1 Å².